The fraction of sp³-hybridized carbons (Fsp3) is 0.326. The van der Waals surface area contributed by atoms with Crippen LogP contribution in [0.2, 0.25) is 10.0 Å². The Morgan fingerprint density at radius 3 is 2.34 bits per heavy atom. The van der Waals surface area contributed by atoms with Gasteiger partial charge in [0.2, 0.25) is 5.76 Å². The molecule has 310 valence electrons. The normalized spacial score (nSPS) is 18.2. The first-order chi connectivity index (χ1) is 28.4. The highest BCUT2D eigenvalue weighted by Crippen LogP contribution is 2.40. The summed E-state index contributed by atoms with van der Waals surface area (Å²) >= 11 is 13.0. The van der Waals surface area contributed by atoms with Crippen LogP contribution in [-0.4, -0.2) is 61.0 Å². The fourth-order valence-corrected chi connectivity index (χ4v) is 8.37. The molecule has 3 atom stereocenters. The highest BCUT2D eigenvalue weighted by atomic mass is 35.5. The predicted octanol–water partition coefficient (Wildman–Crippen LogP) is 8.78. The van der Waals surface area contributed by atoms with Crippen LogP contribution in [0.25, 0.3) is 0 Å². The van der Waals surface area contributed by atoms with Crippen LogP contribution in [0, 0.1) is 11.1 Å². The van der Waals surface area contributed by atoms with Gasteiger partial charge in [-0.2, -0.15) is 13.5 Å². The molecular weight excluding hydrogens is 811 g/mol. The molecule has 0 saturated carbocycles. The molecule has 3 aliphatic heterocycles. The molecule has 2 aromatic heterocycles. The van der Waals surface area contributed by atoms with Crippen molar-refractivity contribution in [1.82, 2.24) is 10.2 Å². The van der Waals surface area contributed by atoms with Crippen LogP contribution >= 0.6 is 23.2 Å². The van der Waals surface area contributed by atoms with Crippen molar-refractivity contribution in [2.24, 2.45) is 5.92 Å². The lowest BCUT2D eigenvalue weighted by Gasteiger charge is -2.43. The number of fused-ring (bicyclic) bond motifs is 3. The van der Waals surface area contributed by atoms with E-state index in [1.807, 2.05) is 36.4 Å². The highest BCUT2D eigenvalue weighted by Gasteiger charge is 2.37. The first kappa shape index (κ1) is 41.6. The standard InChI is InChI=1S/C43H41Cl2F2N3O9/c1-2-55-37-18-27(11-12-36(37)58-42(46)47)31(20-33-34(44)21-50(54)22-35(33)45)32-19-30(57-40(32)41(51)52)24-56-29-10-6-9-28(17-29)39(26-7-4-3-5-8-26)48-43(53)59-38-23-49-15-13-25(38)14-16-49/h3-12,17-19,21-22,25,31,38-39,42H,2,13-16,20,23-24H2,1H3,(H,48,53)(H,51,52)/t31-,38-,39-/m0/s1. The maximum atomic E-state index is 13.3. The van der Waals surface area contributed by atoms with E-state index in [4.69, 9.17) is 41.8 Å². The van der Waals surface area contributed by atoms with Gasteiger partial charge in [-0.3, -0.25) is 4.90 Å². The number of halogens is 4. The summed E-state index contributed by atoms with van der Waals surface area (Å²) in [7, 11) is 0. The summed E-state index contributed by atoms with van der Waals surface area (Å²) in [4.78, 5) is 28.4. The molecule has 5 aromatic rings. The van der Waals surface area contributed by atoms with Gasteiger partial charge in [0.25, 0.3) is 0 Å². The Kier molecular flexibility index (Phi) is 13.1. The van der Waals surface area contributed by atoms with Gasteiger partial charge in [-0.25, -0.2) is 9.59 Å². The number of hydrogen-bond donors (Lipinski definition) is 2. The van der Waals surface area contributed by atoms with Crippen molar-refractivity contribution in [2.45, 2.75) is 57.5 Å². The van der Waals surface area contributed by atoms with Crippen molar-refractivity contribution >= 4 is 35.3 Å². The average molecular weight is 853 g/mol. The van der Waals surface area contributed by atoms with E-state index in [0.29, 0.717) is 33.1 Å². The monoisotopic (exact) mass is 851 g/mol. The number of benzene rings is 3. The maximum absolute atomic E-state index is 13.3. The number of hydrogen-bond acceptors (Lipinski definition) is 9. The van der Waals surface area contributed by atoms with Gasteiger partial charge in [0.1, 0.15) is 34.3 Å². The van der Waals surface area contributed by atoms with Gasteiger partial charge in [-0.1, -0.05) is 71.7 Å². The summed E-state index contributed by atoms with van der Waals surface area (Å²) in [5.41, 5.74) is 2.49. The van der Waals surface area contributed by atoms with Crippen LogP contribution < -0.4 is 24.3 Å². The van der Waals surface area contributed by atoms with Crippen LogP contribution in [-0.2, 0) is 17.8 Å². The number of rotatable bonds is 16. The maximum Gasteiger partial charge on any atom is 0.408 e. The number of carboxylic acids is 1. The molecule has 12 nitrogen and oxygen atoms in total. The third-order valence-corrected chi connectivity index (χ3v) is 11.2. The van der Waals surface area contributed by atoms with Gasteiger partial charge in [-0.05, 0) is 92.2 Å². The zero-order valence-corrected chi connectivity index (χ0v) is 33.3. The molecule has 16 heteroatoms. The lowest BCUT2D eigenvalue weighted by molar-refractivity contribution is -0.605. The first-order valence-corrected chi connectivity index (χ1v) is 19.8. The molecule has 0 aliphatic carbocycles. The van der Waals surface area contributed by atoms with Crippen LogP contribution in [0.15, 0.2) is 95.7 Å². The minimum atomic E-state index is -3.12. The molecule has 3 fully saturated rings. The van der Waals surface area contributed by atoms with E-state index in [1.54, 1.807) is 25.1 Å². The van der Waals surface area contributed by atoms with Gasteiger partial charge >= 0.3 is 18.7 Å². The lowest BCUT2D eigenvalue weighted by Crippen LogP contribution is -2.52. The Bertz CT molecular complexity index is 2250. The number of carboxylic acid groups (broad SMARTS) is 1. The molecule has 59 heavy (non-hydrogen) atoms. The Morgan fingerprint density at radius 2 is 1.68 bits per heavy atom. The number of nitrogens with one attached hydrogen (secondary N) is 1. The zero-order valence-electron chi connectivity index (χ0n) is 31.8. The Labute approximate surface area is 348 Å². The molecule has 0 radical (unpaired) electrons. The minimum absolute atomic E-state index is 0.00248. The van der Waals surface area contributed by atoms with Gasteiger partial charge in [0, 0.05) is 23.6 Å². The Morgan fingerprint density at radius 1 is 0.949 bits per heavy atom. The number of carbonyl (C=O) groups excluding carboxylic acids is 1. The van der Waals surface area contributed by atoms with Crippen LogP contribution in [0.5, 0.6) is 17.2 Å². The quantitative estimate of drug-likeness (QED) is 0.0730. The van der Waals surface area contributed by atoms with E-state index in [-0.39, 0.29) is 58.6 Å². The second-order valence-electron chi connectivity index (χ2n) is 14.3. The second kappa shape index (κ2) is 18.6. The number of piperidine rings is 3. The molecule has 8 rings (SSSR count). The number of ether oxygens (including phenoxy) is 4. The van der Waals surface area contributed by atoms with E-state index in [9.17, 15) is 28.7 Å². The van der Waals surface area contributed by atoms with E-state index in [1.165, 1.54) is 24.3 Å². The van der Waals surface area contributed by atoms with E-state index in [2.05, 4.69) is 15.0 Å². The summed E-state index contributed by atoms with van der Waals surface area (Å²) in [5, 5.41) is 25.5. The van der Waals surface area contributed by atoms with Crippen molar-refractivity contribution in [1.29, 1.82) is 0 Å². The van der Waals surface area contributed by atoms with E-state index >= 15 is 0 Å². The zero-order chi connectivity index (χ0) is 41.6. The number of alkyl halides is 2. The number of alkyl carbamates (subject to hydrolysis) is 1. The van der Waals surface area contributed by atoms with Crippen molar-refractivity contribution in [3.63, 3.8) is 0 Å². The van der Waals surface area contributed by atoms with Crippen molar-refractivity contribution in [3.05, 3.63) is 146 Å². The molecule has 0 spiro atoms. The number of aromatic nitrogens is 1. The summed E-state index contributed by atoms with van der Waals surface area (Å²) in [5.74, 6) is -1.97. The van der Waals surface area contributed by atoms with Crippen LogP contribution in [0.4, 0.5) is 13.6 Å². The number of carbonyl (C=O) groups is 2. The van der Waals surface area contributed by atoms with E-state index < -0.39 is 36.4 Å². The van der Waals surface area contributed by atoms with Crippen molar-refractivity contribution in [3.8, 4) is 17.2 Å². The number of furan rings is 1. The van der Waals surface area contributed by atoms with Gasteiger partial charge in [0.05, 0.1) is 12.6 Å². The first-order valence-electron chi connectivity index (χ1n) is 19.1. The smallest absolute Gasteiger partial charge is 0.408 e. The summed E-state index contributed by atoms with van der Waals surface area (Å²) in [6.45, 7) is 1.24. The minimum Gasteiger partial charge on any atom is -0.619 e. The largest absolute Gasteiger partial charge is 0.619 e. The third-order valence-electron chi connectivity index (χ3n) is 10.6. The molecule has 3 aliphatic rings. The van der Waals surface area contributed by atoms with Gasteiger partial charge in [0.15, 0.2) is 23.9 Å². The molecule has 0 unspecified atom stereocenters. The second-order valence-corrected chi connectivity index (χ2v) is 15.1. The molecule has 5 heterocycles. The van der Waals surface area contributed by atoms with E-state index in [0.717, 1.165) is 50.4 Å². The highest BCUT2D eigenvalue weighted by molar-refractivity contribution is 6.35. The molecule has 3 aromatic carbocycles. The van der Waals surface area contributed by atoms with Gasteiger partial charge < -0.3 is 39.0 Å². The molecule has 2 N–H and O–H groups in total. The Balaban J connectivity index is 1.16. The topological polar surface area (TPSA) is 147 Å². The molecule has 3 saturated heterocycles. The molecular formula is C43H41Cl2F2N3O9. The van der Waals surface area contributed by atoms with Crippen molar-refractivity contribution < 1.29 is 51.6 Å². The number of nitrogens with zero attached hydrogens (tertiary/aromatic N) is 2. The fourth-order valence-electron chi connectivity index (χ4n) is 7.77. The van der Waals surface area contributed by atoms with Crippen LogP contribution in [0.1, 0.15) is 75.9 Å². The summed E-state index contributed by atoms with van der Waals surface area (Å²) in [6.07, 6.45) is 3.52. The SMILES string of the molecule is CCOc1cc([C@H](Cc2c(Cl)c[n+]([O-])cc2Cl)c2cc(COc3cccc([C@@H](NC(=O)O[C@H]4CN5CCC4CC5)c4ccccc4)c3)oc2C(=O)O)ccc1OC(F)F. The summed E-state index contributed by atoms with van der Waals surface area (Å²) < 4.78 is 55.3. The Hall–Kier alpha value is -5.57. The van der Waals surface area contributed by atoms with Crippen LogP contribution in [0.3, 0.4) is 0 Å². The number of amides is 1. The molecule has 1 amide bonds. The summed E-state index contributed by atoms with van der Waals surface area (Å²) in [6, 6.07) is 21.8. The number of pyridine rings is 1. The predicted molar refractivity (Wildman–Crippen MR) is 213 cm³/mol. The van der Waals surface area contributed by atoms with Gasteiger partial charge in [-0.15, -0.1) is 0 Å². The molecule has 2 bridgehead atoms. The third kappa shape index (κ3) is 10.0. The number of aromatic carboxylic acids is 1. The van der Waals surface area contributed by atoms with Crippen molar-refractivity contribution in [2.75, 3.05) is 26.2 Å². The lowest BCUT2D eigenvalue weighted by atomic mass is 9.85. The average Bonchev–Trinajstić information content (AvgIpc) is 3.65.